The second-order valence-corrected chi connectivity index (χ2v) is 10.1. The van der Waals surface area contributed by atoms with Crippen molar-refractivity contribution in [1.82, 2.24) is 4.90 Å². The molecule has 40 heavy (non-hydrogen) atoms. The molecule has 0 fully saturated rings. The number of hydrogen-bond donors (Lipinski definition) is 1. The van der Waals surface area contributed by atoms with Crippen LogP contribution in [0.2, 0.25) is 0 Å². The SMILES string of the molecule is CCOC(Cc1ccc(OCCN(CCCCc2ccccc2)C(=O)Oc2ccc3c(c2)CCC3)cc1)C(=O)O. The van der Waals surface area contributed by atoms with Gasteiger partial charge in [0.25, 0.3) is 0 Å². The molecule has 0 spiro atoms. The average Bonchev–Trinajstić information content (AvgIpc) is 3.43. The fourth-order valence-corrected chi connectivity index (χ4v) is 4.98. The van der Waals surface area contributed by atoms with Gasteiger partial charge < -0.3 is 24.2 Å². The maximum absolute atomic E-state index is 13.2. The summed E-state index contributed by atoms with van der Waals surface area (Å²) >= 11 is 0. The van der Waals surface area contributed by atoms with Crippen molar-refractivity contribution in [2.24, 2.45) is 0 Å². The number of benzene rings is 3. The van der Waals surface area contributed by atoms with Gasteiger partial charge in [0.15, 0.2) is 6.10 Å². The Bertz CT molecular complexity index is 1230. The van der Waals surface area contributed by atoms with Crippen LogP contribution in [-0.2, 0) is 35.2 Å². The van der Waals surface area contributed by atoms with Gasteiger partial charge in [0.1, 0.15) is 18.1 Å². The molecule has 0 bridgehead atoms. The number of unbranched alkanes of at least 4 members (excludes halogenated alkanes) is 1. The molecule has 1 aliphatic carbocycles. The molecule has 1 atom stereocenters. The van der Waals surface area contributed by atoms with Gasteiger partial charge in [-0.1, -0.05) is 48.5 Å². The van der Waals surface area contributed by atoms with E-state index in [0.29, 0.717) is 37.8 Å². The lowest BCUT2D eigenvalue weighted by Gasteiger charge is -2.22. The molecule has 1 amide bonds. The lowest BCUT2D eigenvalue weighted by molar-refractivity contribution is -0.149. The Hall–Kier alpha value is -3.84. The molecule has 1 N–H and O–H groups in total. The van der Waals surface area contributed by atoms with E-state index in [1.807, 2.05) is 54.6 Å². The molecule has 3 aromatic carbocycles. The van der Waals surface area contributed by atoms with Gasteiger partial charge in [-0.05, 0) is 92.0 Å². The Kier molecular flexibility index (Phi) is 11.0. The molecule has 0 saturated carbocycles. The molecule has 1 unspecified atom stereocenters. The highest BCUT2D eigenvalue weighted by Crippen LogP contribution is 2.26. The molecule has 0 saturated heterocycles. The summed E-state index contributed by atoms with van der Waals surface area (Å²) in [5.41, 5.74) is 4.75. The predicted octanol–water partition coefficient (Wildman–Crippen LogP) is 6.11. The first-order valence-electron chi connectivity index (χ1n) is 14.2. The van der Waals surface area contributed by atoms with Crippen LogP contribution in [-0.4, -0.2) is 54.5 Å². The number of fused-ring (bicyclic) bond motifs is 1. The normalized spacial score (nSPS) is 12.9. The molecule has 0 heterocycles. The maximum atomic E-state index is 13.2. The molecule has 0 aliphatic heterocycles. The van der Waals surface area contributed by atoms with Crippen molar-refractivity contribution < 1.29 is 28.9 Å². The molecule has 0 radical (unpaired) electrons. The van der Waals surface area contributed by atoms with Gasteiger partial charge >= 0.3 is 12.1 Å². The Morgan fingerprint density at radius 1 is 0.875 bits per heavy atom. The maximum Gasteiger partial charge on any atom is 0.415 e. The number of carbonyl (C=O) groups excluding carboxylic acids is 1. The largest absolute Gasteiger partial charge is 0.492 e. The number of nitrogens with zero attached hydrogens (tertiary/aromatic N) is 1. The zero-order valence-corrected chi connectivity index (χ0v) is 23.2. The zero-order valence-electron chi connectivity index (χ0n) is 23.2. The summed E-state index contributed by atoms with van der Waals surface area (Å²) in [6.07, 6.45) is 5.09. The quantitative estimate of drug-likeness (QED) is 0.232. The first-order chi connectivity index (χ1) is 19.5. The van der Waals surface area contributed by atoms with Crippen molar-refractivity contribution >= 4 is 12.1 Å². The van der Waals surface area contributed by atoms with Crippen LogP contribution in [0.4, 0.5) is 4.79 Å². The predicted molar refractivity (Wildman–Crippen MR) is 154 cm³/mol. The van der Waals surface area contributed by atoms with Gasteiger partial charge in [0.05, 0.1) is 6.54 Å². The first-order valence-corrected chi connectivity index (χ1v) is 14.2. The van der Waals surface area contributed by atoms with E-state index >= 15 is 0 Å². The van der Waals surface area contributed by atoms with Crippen molar-refractivity contribution in [1.29, 1.82) is 0 Å². The van der Waals surface area contributed by atoms with Crippen LogP contribution in [0.25, 0.3) is 0 Å². The highest BCUT2D eigenvalue weighted by atomic mass is 16.6. The van der Waals surface area contributed by atoms with Gasteiger partial charge in [-0.2, -0.15) is 0 Å². The fourth-order valence-electron chi connectivity index (χ4n) is 4.98. The van der Waals surface area contributed by atoms with E-state index in [4.69, 9.17) is 14.2 Å². The summed E-state index contributed by atoms with van der Waals surface area (Å²) in [6.45, 7) is 3.40. The summed E-state index contributed by atoms with van der Waals surface area (Å²) in [4.78, 5) is 26.2. The van der Waals surface area contributed by atoms with Crippen molar-refractivity contribution in [3.05, 3.63) is 95.1 Å². The van der Waals surface area contributed by atoms with Gasteiger partial charge in [-0.3, -0.25) is 0 Å². The van der Waals surface area contributed by atoms with Crippen LogP contribution in [0.15, 0.2) is 72.8 Å². The number of rotatable bonds is 15. The summed E-state index contributed by atoms with van der Waals surface area (Å²) in [6, 6.07) is 23.6. The lowest BCUT2D eigenvalue weighted by Crippen LogP contribution is -2.37. The number of carboxylic acids is 1. The summed E-state index contributed by atoms with van der Waals surface area (Å²) in [5, 5.41) is 9.31. The highest BCUT2D eigenvalue weighted by Gasteiger charge is 2.19. The molecule has 4 rings (SSSR count). The van der Waals surface area contributed by atoms with Crippen molar-refractivity contribution in [2.45, 2.75) is 58.0 Å². The number of carboxylic acid groups (broad SMARTS) is 1. The topological polar surface area (TPSA) is 85.3 Å². The number of aliphatic carboxylic acids is 1. The van der Waals surface area contributed by atoms with E-state index in [0.717, 1.165) is 44.1 Å². The van der Waals surface area contributed by atoms with Crippen LogP contribution in [0, 0.1) is 0 Å². The van der Waals surface area contributed by atoms with E-state index in [-0.39, 0.29) is 12.5 Å². The van der Waals surface area contributed by atoms with E-state index in [1.165, 1.54) is 16.7 Å². The molecule has 3 aromatic rings. The van der Waals surface area contributed by atoms with Crippen LogP contribution < -0.4 is 9.47 Å². The van der Waals surface area contributed by atoms with Crippen LogP contribution >= 0.6 is 0 Å². The molecule has 0 aromatic heterocycles. The molecule has 212 valence electrons. The van der Waals surface area contributed by atoms with E-state index < -0.39 is 12.1 Å². The number of hydrogen-bond acceptors (Lipinski definition) is 5. The van der Waals surface area contributed by atoms with Crippen molar-refractivity contribution in [3.8, 4) is 11.5 Å². The zero-order chi connectivity index (χ0) is 28.2. The van der Waals surface area contributed by atoms with Crippen molar-refractivity contribution in [3.63, 3.8) is 0 Å². The summed E-state index contributed by atoms with van der Waals surface area (Å²) < 4.78 is 17.0. The monoisotopic (exact) mass is 545 g/mol. The molecule has 1 aliphatic rings. The van der Waals surface area contributed by atoms with Crippen LogP contribution in [0.1, 0.15) is 48.4 Å². The minimum atomic E-state index is -0.974. The molecule has 7 heteroatoms. The second-order valence-electron chi connectivity index (χ2n) is 10.1. The Morgan fingerprint density at radius 3 is 2.38 bits per heavy atom. The van der Waals surface area contributed by atoms with E-state index in [1.54, 1.807) is 11.8 Å². The lowest BCUT2D eigenvalue weighted by atomic mass is 10.1. The number of ether oxygens (including phenoxy) is 3. The third-order valence-corrected chi connectivity index (χ3v) is 7.14. The smallest absolute Gasteiger partial charge is 0.415 e. The summed E-state index contributed by atoms with van der Waals surface area (Å²) in [5.74, 6) is 0.268. The van der Waals surface area contributed by atoms with E-state index in [9.17, 15) is 14.7 Å². The fraction of sp³-hybridized carbons (Fsp3) is 0.394. The standard InChI is InChI=1S/C33H39NO6/c1-2-38-31(32(35)36)23-26-14-17-29(18-15-26)39-22-21-34(20-7-6-11-25-9-4-3-5-10-25)33(37)40-30-19-16-27-12-8-13-28(27)24-30/h3-5,9-10,14-19,24,31H,2,6-8,11-13,20-23H2,1H3,(H,35,36). The minimum absolute atomic E-state index is 0.286. The molecule has 7 nitrogen and oxygen atoms in total. The van der Waals surface area contributed by atoms with E-state index in [2.05, 4.69) is 18.2 Å². The number of aryl methyl sites for hydroxylation is 3. The van der Waals surface area contributed by atoms with Gasteiger partial charge in [-0.15, -0.1) is 0 Å². The number of amides is 1. The van der Waals surface area contributed by atoms with Crippen LogP contribution in [0.5, 0.6) is 11.5 Å². The minimum Gasteiger partial charge on any atom is -0.492 e. The third kappa shape index (κ3) is 8.85. The van der Waals surface area contributed by atoms with Crippen molar-refractivity contribution in [2.75, 3.05) is 26.3 Å². The second kappa shape index (κ2) is 15.1. The van der Waals surface area contributed by atoms with Crippen LogP contribution in [0.3, 0.4) is 0 Å². The summed E-state index contributed by atoms with van der Waals surface area (Å²) in [7, 11) is 0. The number of carbonyl (C=O) groups is 2. The van der Waals surface area contributed by atoms with Gasteiger partial charge in [0.2, 0.25) is 0 Å². The third-order valence-electron chi connectivity index (χ3n) is 7.14. The Balaban J connectivity index is 1.31. The Labute approximate surface area is 236 Å². The van der Waals surface area contributed by atoms with Gasteiger partial charge in [0, 0.05) is 19.6 Å². The highest BCUT2D eigenvalue weighted by molar-refractivity contribution is 5.72. The first kappa shape index (κ1) is 29.2. The average molecular weight is 546 g/mol. The van der Waals surface area contributed by atoms with Gasteiger partial charge in [-0.25, -0.2) is 9.59 Å². The Morgan fingerprint density at radius 2 is 1.62 bits per heavy atom. The molecular weight excluding hydrogens is 506 g/mol. The molecular formula is C33H39NO6.